The molecule has 1 N–H and O–H groups in total. The monoisotopic (exact) mass is 542 g/mol. The van der Waals surface area contributed by atoms with Crippen LogP contribution in [0.25, 0.3) is 28.2 Å². The Morgan fingerprint density at radius 3 is 2.22 bits per heavy atom. The molecule has 4 aromatic rings. The molecule has 0 saturated carbocycles. The van der Waals surface area contributed by atoms with Crippen LogP contribution in [0.1, 0.15) is 5.56 Å². The van der Waals surface area contributed by atoms with Crippen LogP contribution in [0.15, 0.2) is 101 Å². The van der Waals surface area contributed by atoms with Crippen LogP contribution in [0.5, 0.6) is 0 Å². The summed E-state index contributed by atoms with van der Waals surface area (Å²) in [5.41, 5.74) is 8.84. The second-order valence-corrected chi connectivity index (χ2v) is 9.47. The van der Waals surface area contributed by atoms with Crippen molar-refractivity contribution in [3.05, 3.63) is 101 Å². The molecule has 0 bridgehead atoms. The Kier molecular flexibility index (Phi) is 7.71. The van der Waals surface area contributed by atoms with E-state index >= 15 is 0 Å². The molecule has 1 aliphatic heterocycles. The number of benzene rings is 3. The zero-order valence-electron chi connectivity index (χ0n) is 19.8. The number of rotatable bonds is 7. The molecule has 1 fully saturated rings. The van der Waals surface area contributed by atoms with Crippen LogP contribution in [0, 0.1) is 0 Å². The SMILES string of the molecule is O=C(CN1CCOCC1)NN=Cc1cc(-c2ccccc2)n(-c2ccc(Br)cc2)c1-c1ccccc1. The smallest absolute Gasteiger partial charge is 0.254 e. The average molecular weight is 543 g/mol. The molecule has 36 heavy (non-hydrogen) atoms. The number of morpholine rings is 1. The van der Waals surface area contributed by atoms with Gasteiger partial charge in [-0.1, -0.05) is 76.6 Å². The fourth-order valence-corrected chi connectivity index (χ4v) is 4.64. The van der Waals surface area contributed by atoms with Crippen molar-refractivity contribution in [1.29, 1.82) is 0 Å². The van der Waals surface area contributed by atoms with E-state index in [1.807, 2.05) is 48.5 Å². The average Bonchev–Trinajstić information content (AvgIpc) is 3.30. The molecule has 1 amide bonds. The van der Waals surface area contributed by atoms with Gasteiger partial charge in [-0.05, 0) is 41.5 Å². The number of ether oxygens (including phenoxy) is 1. The lowest BCUT2D eigenvalue weighted by atomic mass is 10.1. The van der Waals surface area contributed by atoms with Gasteiger partial charge in [-0.15, -0.1) is 0 Å². The minimum absolute atomic E-state index is 0.134. The molecule has 2 heterocycles. The van der Waals surface area contributed by atoms with Crippen molar-refractivity contribution in [1.82, 2.24) is 14.9 Å². The van der Waals surface area contributed by atoms with E-state index in [1.165, 1.54) is 0 Å². The Morgan fingerprint density at radius 1 is 0.917 bits per heavy atom. The van der Waals surface area contributed by atoms with Crippen LogP contribution in [0.4, 0.5) is 0 Å². The van der Waals surface area contributed by atoms with E-state index in [0.717, 1.165) is 51.3 Å². The minimum atomic E-state index is -0.134. The zero-order chi connectivity index (χ0) is 24.7. The summed E-state index contributed by atoms with van der Waals surface area (Å²) < 4.78 is 8.62. The van der Waals surface area contributed by atoms with Gasteiger partial charge in [0, 0.05) is 28.8 Å². The molecule has 6 nitrogen and oxygen atoms in total. The molecule has 0 spiro atoms. The number of halogens is 1. The number of carbonyl (C=O) groups is 1. The molecular formula is C29H27BrN4O2. The summed E-state index contributed by atoms with van der Waals surface area (Å²) in [4.78, 5) is 14.6. The van der Waals surface area contributed by atoms with Gasteiger partial charge in [-0.3, -0.25) is 9.69 Å². The van der Waals surface area contributed by atoms with E-state index in [9.17, 15) is 4.79 Å². The second-order valence-electron chi connectivity index (χ2n) is 8.56. The maximum absolute atomic E-state index is 12.5. The molecule has 7 heteroatoms. The Hall–Kier alpha value is -3.52. The molecule has 182 valence electrons. The van der Waals surface area contributed by atoms with Gasteiger partial charge in [0.1, 0.15) is 0 Å². The van der Waals surface area contributed by atoms with E-state index in [2.05, 4.69) is 78.4 Å². The van der Waals surface area contributed by atoms with Crippen LogP contribution in [-0.2, 0) is 9.53 Å². The summed E-state index contributed by atoms with van der Waals surface area (Å²) in [6, 6.07) is 30.9. The first-order chi connectivity index (χ1) is 17.7. The Bertz CT molecular complexity index is 1330. The highest BCUT2D eigenvalue weighted by atomic mass is 79.9. The predicted octanol–water partition coefficient (Wildman–Crippen LogP) is 5.36. The van der Waals surface area contributed by atoms with Gasteiger partial charge >= 0.3 is 0 Å². The van der Waals surface area contributed by atoms with Crippen molar-refractivity contribution in [3.63, 3.8) is 0 Å². The van der Waals surface area contributed by atoms with E-state index in [-0.39, 0.29) is 5.91 Å². The van der Waals surface area contributed by atoms with Crippen molar-refractivity contribution in [2.24, 2.45) is 5.10 Å². The topological polar surface area (TPSA) is 58.9 Å². The van der Waals surface area contributed by atoms with Gasteiger partial charge < -0.3 is 9.30 Å². The van der Waals surface area contributed by atoms with Crippen molar-refractivity contribution >= 4 is 28.1 Å². The van der Waals surface area contributed by atoms with Gasteiger partial charge in [0.2, 0.25) is 0 Å². The summed E-state index contributed by atoms with van der Waals surface area (Å²) in [7, 11) is 0. The molecule has 0 unspecified atom stereocenters. The number of nitrogens with one attached hydrogen (secondary N) is 1. The predicted molar refractivity (Wildman–Crippen MR) is 147 cm³/mol. The number of aromatic nitrogens is 1. The minimum Gasteiger partial charge on any atom is -0.379 e. The first-order valence-electron chi connectivity index (χ1n) is 11.9. The molecule has 1 saturated heterocycles. The lowest BCUT2D eigenvalue weighted by molar-refractivity contribution is -0.123. The Morgan fingerprint density at radius 2 is 1.56 bits per heavy atom. The van der Waals surface area contributed by atoms with Gasteiger partial charge in [0.05, 0.1) is 37.4 Å². The number of amides is 1. The summed E-state index contributed by atoms with van der Waals surface area (Å²) >= 11 is 3.55. The maximum atomic E-state index is 12.5. The summed E-state index contributed by atoms with van der Waals surface area (Å²) in [5.74, 6) is -0.134. The number of carbonyl (C=O) groups excluding carboxylic acids is 1. The van der Waals surface area contributed by atoms with Gasteiger partial charge in [0.15, 0.2) is 0 Å². The number of hydrogen-bond donors (Lipinski definition) is 1. The number of nitrogens with zero attached hydrogens (tertiary/aromatic N) is 3. The van der Waals surface area contributed by atoms with E-state index in [0.29, 0.717) is 19.8 Å². The highest BCUT2D eigenvalue weighted by molar-refractivity contribution is 9.10. The van der Waals surface area contributed by atoms with Crippen LogP contribution in [0.3, 0.4) is 0 Å². The summed E-state index contributed by atoms with van der Waals surface area (Å²) in [6.07, 6.45) is 1.74. The molecular weight excluding hydrogens is 516 g/mol. The fraction of sp³-hybridized carbons (Fsp3) is 0.172. The molecule has 5 rings (SSSR count). The van der Waals surface area contributed by atoms with Crippen molar-refractivity contribution in [3.8, 4) is 28.2 Å². The molecule has 1 aromatic heterocycles. The van der Waals surface area contributed by atoms with Crippen LogP contribution < -0.4 is 5.43 Å². The number of hydrogen-bond acceptors (Lipinski definition) is 4. The first-order valence-corrected chi connectivity index (χ1v) is 12.7. The van der Waals surface area contributed by atoms with E-state index in [1.54, 1.807) is 6.21 Å². The molecule has 0 aliphatic carbocycles. The summed E-state index contributed by atoms with van der Waals surface area (Å²) in [6.45, 7) is 3.13. The zero-order valence-corrected chi connectivity index (χ0v) is 21.4. The van der Waals surface area contributed by atoms with Crippen molar-refractivity contribution in [2.75, 3.05) is 32.8 Å². The first kappa shape index (κ1) is 24.2. The van der Waals surface area contributed by atoms with Gasteiger partial charge in [-0.25, -0.2) is 5.43 Å². The van der Waals surface area contributed by atoms with Crippen LogP contribution in [-0.4, -0.2) is 54.4 Å². The van der Waals surface area contributed by atoms with Gasteiger partial charge in [0.25, 0.3) is 5.91 Å². The van der Waals surface area contributed by atoms with E-state index in [4.69, 9.17) is 4.74 Å². The largest absolute Gasteiger partial charge is 0.379 e. The second kappa shape index (κ2) is 11.5. The van der Waals surface area contributed by atoms with E-state index < -0.39 is 0 Å². The third-order valence-corrected chi connectivity index (χ3v) is 6.62. The molecule has 0 radical (unpaired) electrons. The number of hydrazone groups is 1. The van der Waals surface area contributed by atoms with Crippen LogP contribution in [0.2, 0.25) is 0 Å². The molecule has 0 atom stereocenters. The Labute approximate surface area is 219 Å². The maximum Gasteiger partial charge on any atom is 0.254 e. The summed E-state index contributed by atoms with van der Waals surface area (Å²) in [5, 5.41) is 4.35. The Balaban J connectivity index is 1.54. The van der Waals surface area contributed by atoms with Gasteiger partial charge in [-0.2, -0.15) is 5.10 Å². The quantitative estimate of drug-likeness (QED) is 0.253. The lowest BCUT2D eigenvalue weighted by Gasteiger charge is -2.25. The third kappa shape index (κ3) is 5.65. The molecule has 1 aliphatic rings. The normalized spacial score (nSPS) is 14.2. The highest BCUT2D eigenvalue weighted by Gasteiger charge is 2.19. The lowest BCUT2D eigenvalue weighted by Crippen LogP contribution is -2.42. The highest BCUT2D eigenvalue weighted by Crippen LogP contribution is 2.35. The fourth-order valence-electron chi connectivity index (χ4n) is 4.37. The van der Waals surface area contributed by atoms with Crippen LogP contribution >= 0.6 is 15.9 Å². The van der Waals surface area contributed by atoms with Crippen molar-refractivity contribution < 1.29 is 9.53 Å². The molecule has 3 aromatic carbocycles. The van der Waals surface area contributed by atoms with Crippen molar-refractivity contribution in [2.45, 2.75) is 0 Å². The third-order valence-electron chi connectivity index (χ3n) is 6.10. The standard InChI is InChI=1S/C29H27BrN4O2/c30-25-11-13-26(14-12-25)34-27(22-7-3-1-4-8-22)19-24(29(34)23-9-5-2-6-10-23)20-31-32-28(35)21-33-15-17-36-18-16-33/h1-14,19-20H,15-18,21H2,(H,32,35).